The number of nitrogens with zero attached hydrogens (tertiary/aromatic N) is 3. The molecular weight excluding hydrogens is 366 g/mol. The molecular formula is C23H25N3O3. The van der Waals surface area contributed by atoms with Crippen LogP contribution in [0.2, 0.25) is 0 Å². The second-order valence-corrected chi connectivity index (χ2v) is 7.53. The zero-order chi connectivity index (χ0) is 20.4. The van der Waals surface area contributed by atoms with Crippen LogP contribution in [0.1, 0.15) is 41.8 Å². The van der Waals surface area contributed by atoms with Gasteiger partial charge in [0.05, 0.1) is 12.5 Å². The number of carbonyl (C=O) groups is 1. The molecule has 6 nitrogen and oxygen atoms in total. The molecule has 6 heteroatoms. The number of benzene rings is 2. The number of aromatic nitrogens is 2. The molecule has 1 aromatic heterocycles. The van der Waals surface area contributed by atoms with Gasteiger partial charge in [-0.3, -0.25) is 4.79 Å². The average molecular weight is 391 g/mol. The first kappa shape index (κ1) is 19.2. The molecule has 3 aromatic rings. The molecule has 1 unspecified atom stereocenters. The van der Waals surface area contributed by atoms with Crippen molar-refractivity contribution in [2.24, 2.45) is 0 Å². The van der Waals surface area contributed by atoms with Gasteiger partial charge >= 0.3 is 0 Å². The summed E-state index contributed by atoms with van der Waals surface area (Å²) in [6.07, 6.45) is 0.394. The van der Waals surface area contributed by atoms with E-state index in [4.69, 9.17) is 9.26 Å². The minimum absolute atomic E-state index is 0.0720. The highest BCUT2D eigenvalue weighted by Gasteiger charge is 2.34. The lowest BCUT2D eigenvalue weighted by Gasteiger charge is -2.16. The summed E-state index contributed by atoms with van der Waals surface area (Å²) in [4.78, 5) is 18.9. The number of hydrogen-bond donors (Lipinski definition) is 0. The first-order chi connectivity index (χ1) is 14.0. The van der Waals surface area contributed by atoms with E-state index in [0.717, 1.165) is 22.4 Å². The third kappa shape index (κ3) is 4.16. The summed E-state index contributed by atoms with van der Waals surface area (Å²) < 4.78 is 11.0. The van der Waals surface area contributed by atoms with E-state index in [9.17, 15) is 4.79 Å². The molecule has 1 fully saturated rings. The van der Waals surface area contributed by atoms with Crippen molar-refractivity contribution in [3.8, 4) is 17.1 Å². The maximum atomic E-state index is 12.5. The van der Waals surface area contributed by atoms with Gasteiger partial charge in [-0.1, -0.05) is 41.1 Å². The summed E-state index contributed by atoms with van der Waals surface area (Å²) >= 11 is 0. The van der Waals surface area contributed by atoms with Crippen molar-refractivity contribution >= 4 is 5.91 Å². The van der Waals surface area contributed by atoms with Crippen LogP contribution >= 0.6 is 0 Å². The molecule has 0 radical (unpaired) electrons. The van der Waals surface area contributed by atoms with Crippen molar-refractivity contribution in [2.45, 2.75) is 39.7 Å². The molecule has 150 valence electrons. The Balaban J connectivity index is 1.44. The molecule has 0 N–H and O–H groups in total. The Kier molecular flexibility index (Phi) is 5.34. The Bertz CT molecular complexity index is 1010. The van der Waals surface area contributed by atoms with Crippen LogP contribution in [0.5, 0.6) is 5.75 Å². The quantitative estimate of drug-likeness (QED) is 0.628. The molecule has 0 spiro atoms. The van der Waals surface area contributed by atoms with Gasteiger partial charge in [-0.25, -0.2) is 0 Å². The third-order valence-electron chi connectivity index (χ3n) is 5.24. The number of likely N-dealkylation sites (tertiary alicyclic amines) is 1. The lowest BCUT2D eigenvalue weighted by atomic mass is 10.1. The molecule has 1 atom stereocenters. The highest BCUT2D eigenvalue weighted by atomic mass is 16.5. The van der Waals surface area contributed by atoms with Crippen LogP contribution in [0.4, 0.5) is 0 Å². The lowest BCUT2D eigenvalue weighted by molar-refractivity contribution is -0.128. The van der Waals surface area contributed by atoms with Gasteiger partial charge in [0.25, 0.3) is 0 Å². The van der Waals surface area contributed by atoms with Crippen molar-refractivity contribution in [2.75, 3.05) is 13.2 Å². The largest absolute Gasteiger partial charge is 0.494 e. The van der Waals surface area contributed by atoms with Crippen molar-refractivity contribution in [3.63, 3.8) is 0 Å². The highest BCUT2D eigenvalue weighted by Crippen LogP contribution is 2.30. The summed E-state index contributed by atoms with van der Waals surface area (Å²) in [5.74, 6) is 1.98. The van der Waals surface area contributed by atoms with Gasteiger partial charge in [0.15, 0.2) is 0 Å². The number of amides is 1. The zero-order valence-corrected chi connectivity index (χ0v) is 17.0. The molecule has 0 saturated carbocycles. The number of aryl methyl sites for hydroxylation is 2. The first-order valence-corrected chi connectivity index (χ1v) is 9.94. The summed E-state index contributed by atoms with van der Waals surface area (Å²) in [7, 11) is 0. The highest BCUT2D eigenvalue weighted by molar-refractivity contribution is 5.79. The maximum absolute atomic E-state index is 12.5. The predicted molar refractivity (Wildman–Crippen MR) is 110 cm³/mol. The van der Waals surface area contributed by atoms with Gasteiger partial charge in [0.1, 0.15) is 5.75 Å². The van der Waals surface area contributed by atoms with Crippen LogP contribution in [-0.2, 0) is 11.3 Å². The van der Waals surface area contributed by atoms with E-state index < -0.39 is 0 Å². The fourth-order valence-electron chi connectivity index (χ4n) is 3.74. The molecule has 1 aliphatic rings. The minimum atomic E-state index is -0.0720. The van der Waals surface area contributed by atoms with Crippen LogP contribution in [0, 0.1) is 13.8 Å². The first-order valence-electron chi connectivity index (χ1n) is 9.94. The summed E-state index contributed by atoms with van der Waals surface area (Å²) in [5.41, 5.74) is 4.34. The molecule has 1 amide bonds. The van der Waals surface area contributed by atoms with Gasteiger partial charge in [0, 0.05) is 25.1 Å². The van der Waals surface area contributed by atoms with Gasteiger partial charge in [-0.2, -0.15) is 4.98 Å². The van der Waals surface area contributed by atoms with E-state index in [1.165, 1.54) is 5.56 Å². The zero-order valence-electron chi connectivity index (χ0n) is 17.0. The Morgan fingerprint density at radius 3 is 2.69 bits per heavy atom. The topological polar surface area (TPSA) is 68.5 Å². The molecule has 2 aromatic carbocycles. The minimum Gasteiger partial charge on any atom is -0.494 e. The van der Waals surface area contributed by atoms with E-state index in [0.29, 0.717) is 37.8 Å². The van der Waals surface area contributed by atoms with Crippen molar-refractivity contribution < 1.29 is 14.1 Å². The van der Waals surface area contributed by atoms with Gasteiger partial charge in [-0.15, -0.1) is 0 Å². The maximum Gasteiger partial charge on any atom is 0.232 e. The molecule has 4 rings (SSSR count). The Morgan fingerprint density at radius 1 is 1.17 bits per heavy atom. The molecule has 29 heavy (non-hydrogen) atoms. The van der Waals surface area contributed by atoms with E-state index in [-0.39, 0.29) is 11.8 Å². The molecule has 0 bridgehead atoms. The standard InChI is InChI=1S/C23H25N3O3/c1-4-28-19-8-6-17(7-9-19)13-26-14-18(12-21(26)27)23-24-22(25-29-23)20-10-5-15(2)11-16(20)3/h5-11,18H,4,12-14H2,1-3H3. The third-order valence-corrected chi connectivity index (χ3v) is 5.24. The monoisotopic (exact) mass is 391 g/mol. The normalized spacial score (nSPS) is 16.4. The number of hydrogen-bond acceptors (Lipinski definition) is 5. The fourth-order valence-corrected chi connectivity index (χ4v) is 3.74. The van der Waals surface area contributed by atoms with E-state index in [1.54, 1.807) is 0 Å². The van der Waals surface area contributed by atoms with E-state index in [2.05, 4.69) is 23.1 Å². The van der Waals surface area contributed by atoms with Crippen LogP contribution in [0.25, 0.3) is 11.4 Å². The lowest BCUT2D eigenvalue weighted by Crippen LogP contribution is -2.24. The Hall–Kier alpha value is -3.15. The number of carbonyl (C=O) groups excluding carboxylic acids is 1. The van der Waals surface area contributed by atoms with Crippen LogP contribution in [0.15, 0.2) is 47.0 Å². The number of rotatable bonds is 6. The van der Waals surface area contributed by atoms with Crippen molar-refractivity contribution in [3.05, 3.63) is 65.0 Å². The van der Waals surface area contributed by atoms with Crippen LogP contribution < -0.4 is 4.74 Å². The molecule has 2 heterocycles. The van der Waals surface area contributed by atoms with Crippen LogP contribution in [0.3, 0.4) is 0 Å². The Morgan fingerprint density at radius 2 is 1.97 bits per heavy atom. The summed E-state index contributed by atoms with van der Waals surface area (Å²) in [6.45, 7) is 7.85. The second kappa shape index (κ2) is 8.07. The fraction of sp³-hybridized carbons (Fsp3) is 0.348. The number of ether oxygens (including phenoxy) is 1. The molecule has 0 aliphatic carbocycles. The van der Waals surface area contributed by atoms with Crippen molar-refractivity contribution in [1.82, 2.24) is 15.0 Å². The van der Waals surface area contributed by atoms with Crippen molar-refractivity contribution in [1.29, 1.82) is 0 Å². The van der Waals surface area contributed by atoms with E-state index >= 15 is 0 Å². The molecule has 1 saturated heterocycles. The average Bonchev–Trinajstić information content (AvgIpc) is 3.31. The van der Waals surface area contributed by atoms with Gasteiger partial charge < -0.3 is 14.2 Å². The van der Waals surface area contributed by atoms with Gasteiger partial charge in [-0.05, 0) is 44.0 Å². The van der Waals surface area contributed by atoms with Crippen LogP contribution in [-0.4, -0.2) is 34.1 Å². The molecule has 1 aliphatic heterocycles. The Labute approximate surface area is 170 Å². The summed E-state index contributed by atoms with van der Waals surface area (Å²) in [6, 6.07) is 14.0. The summed E-state index contributed by atoms with van der Waals surface area (Å²) in [5, 5.41) is 4.15. The van der Waals surface area contributed by atoms with E-state index in [1.807, 2.05) is 55.1 Å². The SMILES string of the molecule is CCOc1ccc(CN2CC(c3nc(-c4ccc(C)cc4C)no3)CC2=O)cc1. The van der Waals surface area contributed by atoms with Gasteiger partial charge in [0.2, 0.25) is 17.6 Å². The second-order valence-electron chi connectivity index (χ2n) is 7.53. The smallest absolute Gasteiger partial charge is 0.232 e. The predicted octanol–water partition coefficient (Wildman–Crippen LogP) is 4.27.